The molecule has 0 aliphatic rings. The van der Waals surface area contributed by atoms with Gasteiger partial charge in [-0.05, 0) is 12.8 Å². The van der Waals surface area contributed by atoms with Crippen molar-refractivity contribution in [1.82, 2.24) is 0 Å². The molecule has 1 unspecified atom stereocenters. The lowest BCUT2D eigenvalue weighted by Gasteiger charge is -2.17. The first-order valence-electron chi connectivity index (χ1n) is 19.5. The molecule has 0 rings (SSSR count). The van der Waals surface area contributed by atoms with Gasteiger partial charge in [0.2, 0.25) is 0 Å². The molecule has 0 aromatic carbocycles. The average molecular weight is 677 g/mol. The molecule has 0 saturated carbocycles. The van der Waals surface area contributed by atoms with Crippen LogP contribution >= 0.6 is 0 Å². The molecular formula is C41H72O7. The Balaban J connectivity index is 3.28. The van der Waals surface area contributed by atoms with Crippen molar-refractivity contribution in [3.05, 3.63) is 38.0 Å². The third-order valence-corrected chi connectivity index (χ3v) is 8.68. The van der Waals surface area contributed by atoms with E-state index < -0.39 is 18.0 Å². The van der Waals surface area contributed by atoms with Crippen LogP contribution in [-0.2, 0) is 33.3 Å². The van der Waals surface area contributed by atoms with Crippen LogP contribution in [-0.4, -0.2) is 50.4 Å². The summed E-state index contributed by atoms with van der Waals surface area (Å²) in [5.74, 6) is -1.43. The Labute approximate surface area is 294 Å². The third kappa shape index (κ3) is 34.9. The molecule has 0 amide bonds. The fourth-order valence-electron chi connectivity index (χ4n) is 5.73. The summed E-state index contributed by atoms with van der Waals surface area (Å²) in [4.78, 5) is 33.7. The highest BCUT2D eigenvalue weighted by atomic mass is 16.6. The Hall–Kier alpha value is -2.41. The minimum Gasteiger partial charge on any atom is -0.463 e. The van der Waals surface area contributed by atoms with Gasteiger partial charge in [-0.3, -0.25) is 0 Å². The van der Waals surface area contributed by atoms with Gasteiger partial charge >= 0.3 is 17.9 Å². The maximum Gasteiger partial charge on any atom is 0.330 e. The number of esters is 3. The van der Waals surface area contributed by atoms with Gasteiger partial charge in [0, 0.05) is 24.8 Å². The Morgan fingerprint density at radius 3 is 1.00 bits per heavy atom. The summed E-state index contributed by atoms with van der Waals surface area (Å²) in [5, 5.41) is 0. The van der Waals surface area contributed by atoms with Crippen LogP contribution in [0.25, 0.3) is 0 Å². The zero-order valence-corrected chi connectivity index (χ0v) is 30.7. The zero-order valence-electron chi connectivity index (χ0n) is 30.7. The Morgan fingerprint density at radius 2 is 0.667 bits per heavy atom. The van der Waals surface area contributed by atoms with Gasteiger partial charge in [0.25, 0.3) is 0 Å². The number of hydrogen-bond donors (Lipinski definition) is 0. The van der Waals surface area contributed by atoms with E-state index in [4.69, 9.17) is 18.9 Å². The highest BCUT2D eigenvalue weighted by Crippen LogP contribution is 2.16. The van der Waals surface area contributed by atoms with Gasteiger partial charge in [0.15, 0.2) is 6.10 Å². The zero-order chi connectivity index (χ0) is 35.2. The fraction of sp³-hybridized carbons (Fsp3) is 0.780. The van der Waals surface area contributed by atoms with E-state index in [1.54, 1.807) is 0 Å². The topological polar surface area (TPSA) is 88.1 Å². The van der Waals surface area contributed by atoms with Crippen molar-refractivity contribution in [1.29, 1.82) is 0 Å². The minimum atomic E-state index is -0.644. The van der Waals surface area contributed by atoms with E-state index in [2.05, 4.69) is 19.7 Å². The van der Waals surface area contributed by atoms with E-state index in [1.807, 2.05) is 0 Å². The SMILES string of the molecule is C=CC(=O)OCCCCCCCCCCCCCCCCCCCCCCCCCCCCCOCC(COC(=O)C=C)OC(=O)C=C. The van der Waals surface area contributed by atoms with Crippen LogP contribution in [0.2, 0.25) is 0 Å². The van der Waals surface area contributed by atoms with E-state index in [0.717, 1.165) is 37.8 Å². The quantitative estimate of drug-likeness (QED) is 0.0278. The maximum atomic E-state index is 11.5. The molecule has 0 fully saturated rings. The molecule has 1 atom stereocenters. The summed E-state index contributed by atoms with van der Waals surface area (Å²) in [7, 11) is 0. The van der Waals surface area contributed by atoms with Gasteiger partial charge in [-0.1, -0.05) is 180 Å². The van der Waals surface area contributed by atoms with Gasteiger partial charge in [-0.15, -0.1) is 0 Å². The van der Waals surface area contributed by atoms with Crippen LogP contribution in [0.4, 0.5) is 0 Å². The van der Waals surface area contributed by atoms with E-state index in [9.17, 15) is 14.4 Å². The second-order valence-electron chi connectivity index (χ2n) is 13.1. The first-order valence-corrected chi connectivity index (χ1v) is 19.5. The second-order valence-corrected chi connectivity index (χ2v) is 13.1. The first-order chi connectivity index (χ1) is 23.5. The van der Waals surface area contributed by atoms with Crippen molar-refractivity contribution in [2.75, 3.05) is 26.4 Å². The standard InChI is InChI=1S/C41H72O7/c1-4-39(42)46-35-33-31-29-27-25-23-21-19-17-15-13-11-9-7-8-10-12-14-16-18-20-22-24-26-28-30-32-34-45-36-38(48-41(44)6-3)37-47-40(43)5-2/h4-6,38H,1-3,7-37H2. The van der Waals surface area contributed by atoms with Crippen LogP contribution in [0.1, 0.15) is 173 Å². The number of hydrogen-bond acceptors (Lipinski definition) is 7. The molecule has 0 heterocycles. The summed E-state index contributed by atoms with van der Waals surface area (Å²) >= 11 is 0. The highest BCUT2D eigenvalue weighted by molar-refractivity contribution is 5.82. The van der Waals surface area contributed by atoms with Crippen LogP contribution < -0.4 is 0 Å². The van der Waals surface area contributed by atoms with Crippen LogP contribution in [0.3, 0.4) is 0 Å². The number of carbonyl (C=O) groups excluding carboxylic acids is 3. The Bertz CT molecular complexity index is 794. The van der Waals surface area contributed by atoms with Crippen molar-refractivity contribution in [3.63, 3.8) is 0 Å². The molecule has 0 spiro atoms. The first kappa shape index (κ1) is 45.6. The van der Waals surface area contributed by atoms with Crippen molar-refractivity contribution in [2.45, 2.75) is 179 Å². The molecule has 7 nitrogen and oxygen atoms in total. The minimum absolute atomic E-state index is 0.0587. The summed E-state index contributed by atoms with van der Waals surface area (Å²) in [6.45, 7) is 11.4. The van der Waals surface area contributed by atoms with Crippen molar-refractivity contribution >= 4 is 17.9 Å². The van der Waals surface area contributed by atoms with Gasteiger partial charge in [0.05, 0.1) is 13.2 Å². The molecule has 0 N–H and O–H groups in total. The molecule has 48 heavy (non-hydrogen) atoms. The molecule has 278 valence electrons. The Morgan fingerprint density at radius 1 is 0.375 bits per heavy atom. The fourth-order valence-corrected chi connectivity index (χ4v) is 5.73. The second kappa shape index (κ2) is 37.4. The van der Waals surface area contributed by atoms with Gasteiger partial charge in [-0.2, -0.15) is 0 Å². The average Bonchev–Trinajstić information content (AvgIpc) is 3.10. The monoisotopic (exact) mass is 677 g/mol. The van der Waals surface area contributed by atoms with Crippen molar-refractivity contribution in [3.8, 4) is 0 Å². The normalized spacial score (nSPS) is 11.5. The molecule has 0 aromatic heterocycles. The molecule has 0 aromatic rings. The number of carbonyl (C=O) groups is 3. The van der Waals surface area contributed by atoms with E-state index >= 15 is 0 Å². The number of ether oxygens (including phenoxy) is 4. The van der Waals surface area contributed by atoms with Crippen LogP contribution in [0.15, 0.2) is 38.0 Å². The lowest BCUT2D eigenvalue weighted by Crippen LogP contribution is -2.29. The highest BCUT2D eigenvalue weighted by Gasteiger charge is 2.15. The lowest BCUT2D eigenvalue weighted by atomic mass is 10.0. The van der Waals surface area contributed by atoms with E-state index in [0.29, 0.717) is 13.2 Å². The van der Waals surface area contributed by atoms with Gasteiger partial charge in [-0.25, -0.2) is 14.4 Å². The van der Waals surface area contributed by atoms with Crippen molar-refractivity contribution < 1.29 is 33.3 Å². The summed E-state index contributed by atoms with van der Waals surface area (Å²) < 4.78 is 20.8. The summed E-state index contributed by atoms with van der Waals surface area (Å²) in [5.41, 5.74) is 0. The van der Waals surface area contributed by atoms with Crippen LogP contribution in [0.5, 0.6) is 0 Å². The van der Waals surface area contributed by atoms with Gasteiger partial charge < -0.3 is 18.9 Å². The largest absolute Gasteiger partial charge is 0.463 e. The number of rotatable bonds is 38. The predicted molar refractivity (Wildman–Crippen MR) is 198 cm³/mol. The van der Waals surface area contributed by atoms with Crippen LogP contribution in [0, 0.1) is 0 Å². The van der Waals surface area contributed by atoms with Crippen molar-refractivity contribution in [2.24, 2.45) is 0 Å². The molecule has 0 radical (unpaired) electrons. The molecule has 0 saturated heterocycles. The molecule has 7 heteroatoms. The molecule has 0 aliphatic heterocycles. The maximum absolute atomic E-state index is 11.5. The molecule has 0 aliphatic carbocycles. The number of unbranched alkanes of at least 4 members (excludes halogenated alkanes) is 26. The third-order valence-electron chi connectivity index (χ3n) is 8.68. The van der Waals surface area contributed by atoms with E-state index in [1.165, 1.54) is 154 Å². The predicted octanol–water partition coefficient (Wildman–Crippen LogP) is 11.1. The lowest BCUT2D eigenvalue weighted by molar-refractivity contribution is -0.156. The molecule has 0 bridgehead atoms. The smallest absolute Gasteiger partial charge is 0.330 e. The Kier molecular flexibility index (Phi) is 35.5. The summed E-state index contributed by atoms with van der Waals surface area (Å²) in [6.07, 6.45) is 38.4. The summed E-state index contributed by atoms with van der Waals surface area (Å²) in [6, 6.07) is 0. The molecular weight excluding hydrogens is 604 g/mol. The van der Waals surface area contributed by atoms with Gasteiger partial charge in [0.1, 0.15) is 6.61 Å². The van der Waals surface area contributed by atoms with E-state index in [-0.39, 0.29) is 19.2 Å².